The van der Waals surface area contributed by atoms with E-state index in [-0.39, 0.29) is 19.4 Å². The van der Waals surface area contributed by atoms with Crippen LogP contribution in [0, 0.1) is 0 Å². The van der Waals surface area contributed by atoms with Gasteiger partial charge in [-0.25, -0.2) is 11.0 Å². The molecule has 0 aliphatic rings. The first-order valence-electron chi connectivity index (χ1n) is 6.06. The van der Waals surface area contributed by atoms with Crippen molar-refractivity contribution in [2.24, 2.45) is 0 Å². The van der Waals surface area contributed by atoms with Crippen LogP contribution >= 0.6 is 0 Å². The van der Waals surface area contributed by atoms with Gasteiger partial charge in [-0.2, -0.15) is 0 Å². The second kappa shape index (κ2) is 9.03. The lowest BCUT2D eigenvalue weighted by atomic mass is 10.1. The summed E-state index contributed by atoms with van der Waals surface area (Å²) in [5, 5.41) is 8.53. The molecule has 7 heteroatoms. The molecule has 0 saturated heterocycles. The number of benzene rings is 1. The zero-order chi connectivity index (χ0) is 14.8. The third-order valence-electron chi connectivity index (χ3n) is 2.50. The maximum atomic E-state index is 11.4. The fourth-order valence-corrected chi connectivity index (χ4v) is 1.59. The summed E-state index contributed by atoms with van der Waals surface area (Å²) in [6, 6.07) is 9.36. The minimum atomic E-state index is -0.655. The quantitative estimate of drug-likeness (QED) is 0.477. The van der Waals surface area contributed by atoms with Gasteiger partial charge in [-0.15, -0.1) is 0 Å². The van der Waals surface area contributed by atoms with Crippen LogP contribution in [-0.4, -0.2) is 30.2 Å². The van der Waals surface area contributed by atoms with Gasteiger partial charge in [0.15, 0.2) is 0 Å². The standard InChI is InChI=1S/C13H18N2O5/c1-19-15-13(17)8-11(7-12(16)14-18)20-9-10-5-3-2-4-6-10/h2-6,11,18H,7-9H2,1H3,(H,14,16)(H,15,17). The first kappa shape index (κ1) is 16.1. The molecule has 1 atom stereocenters. The average Bonchev–Trinajstić information content (AvgIpc) is 2.46. The van der Waals surface area contributed by atoms with E-state index in [4.69, 9.17) is 9.94 Å². The molecule has 0 aliphatic carbocycles. The Balaban J connectivity index is 2.53. The lowest BCUT2D eigenvalue weighted by Gasteiger charge is -2.16. The maximum absolute atomic E-state index is 11.4. The van der Waals surface area contributed by atoms with Gasteiger partial charge in [-0.1, -0.05) is 30.3 Å². The third-order valence-corrected chi connectivity index (χ3v) is 2.50. The number of nitrogens with one attached hydrogen (secondary N) is 2. The Morgan fingerprint density at radius 3 is 2.45 bits per heavy atom. The number of rotatable bonds is 8. The predicted molar refractivity (Wildman–Crippen MR) is 69.3 cm³/mol. The molecule has 1 aromatic carbocycles. The highest BCUT2D eigenvalue weighted by molar-refractivity contribution is 5.78. The molecular weight excluding hydrogens is 264 g/mol. The van der Waals surface area contributed by atoms with Gasteiger partial charge < -0.3 is 4.74 Å². The monoisotopic (exact) mass is 282 g/mol. The summed E-state index contributed by atoms with van der Waals surface area (Å²) in [6.07, 6.45) is -0.827. The number of hydroxylamine groups is 2. The van der Waals surface area contributed by atoms with Gasteiger partial charge in [-0.3, -0.25) is 19.6 Å². The molecule has 0 radical (unpaired) electrons. The van der Waals surface area contributed by atoms with Crippen molar-refractivity contribution in [1.29, 1.82) is 0 Å². The van der Waals surface area contributed by atoms with E-state index in [0.717, 1.165) is 5.56 Å². The summed E-state index contributed by atoms with van der Waals surface area (Å²) in [7, 11) is 1.32. The van der Waals surface area contributed by atoms with Gasteiger partial charge in [0.25, 0.3) is 0 Å². The normalized spacial score (nSPS) is 11.7. The molecular formula is C13H18N2O5. The summed E-state index contributed by atoms with van der Waals surface area (Å²) in [6.45, 7) is 0.268. The lowest BCUT2D eigenvalue weighted by Crippen LogP contribution is -2.32. The molecule has 7 nitrogen and oxygen atoms in total. The van der Waals surface area contributed by atoms with Gasteiger partial charge in [-0.05, 0) is 5.56 Å². The van der Waals surface area contributed by atoms with Crippen molar-refractivity contribution in [3.63, 3.8) is 0 Å². The Kier molecular flexibility index (Phi) is 7.26. The smallest absolute Gasteiger partial charge is 0.246 e. The Labute approximate surface area is 116 Å². The van der Waals surface area contributed by atoms with Crippen LogP contribution in [0.25, 0.3) is 0 Å². The summed E-state index contributed by atoms with van der Waals surface area (Å²) in [5.74, 6) is -1.02. The summed E-state index contributed by atoms with van der Waals surface area (Å²) in [4.78, 5) is 27.1. The van der Waals surface area contributed by atoms with Crippen molar-refractivity contribution < 1.29 is 24.4 Å². The third kappa shape index (κ3) is 6.28. The van der Waals surface area contributed by atoms with Crippen molar-refractivity contribution >= 4 is 11.8 Å². The van der Waals surface area contributed by atoms with Gasteiger partial charge in [0.1, 0.15) is 0 Å². The highest BCUT2D eigenvalue weighted by atomic mass is 16.6. The van der Waals surface area contributed by atoms with Gasteiger partial charge in [0, 0.05) is 0 Å². The summed E-state index contributed by atoms with van der Waals surface area (Å²) >= 11 is 0. The van der Waals surface area contributed by atoms with Crippen molar-refractivity contribution in [3.05, 3.63) is 35.9 Å². The Morgan fingerprint density at radius 1 is 1.20 bits per heavy atom. The second-order valence-corrected chi connectivity index (χ2v) is 4.09. The number of hydrogen-bond acceptors (Lipinski definition) is 5. The van der Waals surface area contributed by atoms with Crippen molar-refractivity contribution in [3.8, 4) is 0 Å². The molecule has 1 aromatic rings. The molecule has 0 heterocycles. The Bertz CT molecular complexity index is 424. The molecule has 1 unspecified atom stereocenters. The number of carbonyl (C=O) groups is 2. The van der Waals surface area contributed by atoms with Crippen LogP contribution in [0.1, 0.15) is 18.4 Å². The van der Waals surface area contributed by atoms with Crippen LogP contribution in [0.15, 0.2) is 30.3 Å². The molecule has 0 aromatic heterocycles. The van der Waals surface area contributed by atoms with Crippen molar-refractivity contribution in [2.75, 3.05) is 7.11 Å². The SMILES string of the molecule is CONC(=O)CC(CC(=O)NO)OCc1ccccc1. The fourth-order valence-electron chi connectivity index (χ4n) is 1.59. The maximum Gasteiger partial charge on any atom is 0.246 e. The van der Waals surface area contributed by atoms with E-state index in [1.54, 1.807) is 0 Å². The van der Waals surface area contributed by atoms with Crippen molar-refractivity contribution in [1.82, 2.24) is 11.0 Å². The number of amides is 2. The molecule has 0 saturated carbocycles. The van der Waals surface area contributed by atoms with Crippen LogP contribution < -0.4 is 11.0 Å². The Hall–Kier alpha value is -1.96. The zero-order valence-electron chi connectivity index (χ0n) is 11.2. The molecule has 2 amide bonds. The van der Waals surface area contributed by atoms with Crippen LogP contribution in [0.5, 0.6) is 0 Å². The average molecular weight is 282 g/mol. The number of hydrogen-bond donors (Lipinski definition) is 3. The molecule has 1 rings (SSSR count). The van der Waals surface area contributed by atoms with E-state index in [1.807, 2.05) is 30.3 Å². The van der Waals surface area contributed by atoms with Crippen LogP contribution in [0.3, 0.4) is 0 Å². The summed E-state index contributed by atoms with van der Waals surface area (Å²) < 4.78 is 5.53. The molecule has 110 valence electrons. The highest BCUT2D eigenvalue weighted by Crippen LogP contribution is 2.09. The predicted octanol–water partition coefficient (Wildman–Crippen LogP) is 0.535. The second-order valence-electron chi connectivity index (χ2n) is 4.09. The molecule has 3 N–H and O–H groups in total. The van der Waals surface area contributed by atoms with Crippen molar-refractivity contribution in [2.45, 2.75) is 25.6 Å². The highest BCUT2D eigenvalue weighted by Gasteiger charge is 2.18. The van der Waals surface area contributed by atoms with E-state index in [1.165, 1.54) is 12.6 Å². The Morgan fingerprint density at radius 2 is 1.85 bits per heavy atom. The molecule has 0 spiro atoms. The number of carbonyl (C=O) groups excluding carboxylic acids is 2. The topological polar surface area (TPSA) is 96.9 Å². The summed E-state index contributed by atoms with van der Waals surface area (Å²) in [5.41, 5.74) is 4.59. The van der Waals surface area contributed by atoms with Gasteiger partial charge >= 0.3 is 0 Å². The largest absolute Gasteiger partial charge is 0.372 e. The van der Waals surface area contributed by atoms with E-state index in [2.05, 4.69) is 10.3 Å². The minimum absolute atomic E-state index is 0.0475. The molecule has 0 fully saturated rings. The molecule has 0 aliphatic heterocycles. The number of ether oxygens (including phenoxy) is 1. The minimum Gasteiger partial charge on any atom is -0.372 e. The molecule has 0 bridgehead atoms. The van der Waals surface area contributed by atoms with E-state index in [0.29, 0.717) is 0 Å². The zero-order valence-corrected chi connectivity index (χ0v) is 11.2. The van der Waals surface area contributed by atoms with Crippen LogP contribution in [0.2, 0.25) is 0 Å². The lowest BCUT2D eigenvalue weighted by molar-refractivity contribution is -0.137. The first-order chi connectivity index (χ1) is 9.65. The van der Waals surface area contributed by atoms with E-state index >= 15 is 0 Å². The van der Waals surface area contributed by atoms with Crippen LogP contribution in [0.4, 0.5) is 0 Å². The van der Waals surface area contributed by atoms with E-state index in [9.17, 15) is 9.59 Å². The molecule has 20 heavy (non-hydrogen) atoms. The van der Waals surface area contributed by atoms with E-state index < -0.39 is 17.9 Å². The van der Waals surface area contributed by atoms with Gasteiger partial charge in [0.05, 0.1) is 32.7 Å². The van der Waals surface area contributed by atoms with Crippen LogP contribution in [-0.2, 0) is 25.8 Å². The first-order valence-corrected chi connectivity index (χ1v) is 6.06. The van der Waals surface area contributed by atoms with Gasteiger partial charge in [0.2, 0.25) is 11.8 Å². The fraction of sp³-hybridized carbons (Fsp3) is 0.385.